The second kappa shape index (κ2) is 7.23. The molecule has 0 unspecified atom stereocenters. The van der Waals surface area contributed by atoms with Gasteiger partial charge in [-0.15, -0.1) is 0 Å². The average Bonchev–Trinajstić information content (AvgIpc) is 2.61. The molecule has 0 fully saturated rings. The van der Waals surface area contributed by atoms with Gasteiger partial charge in [0.2, 0.25) is 0 Å². The van der Waals surface area contributed by atoms with E-state index in [4.69, 9.17) is 16.3 Å². The van der Waals surface area contributed by atoms with Crippen molar-refractivity contribution in [3.63, 3.8) is 0 Å². The van der Waals surface area contributed by atoms with Gasteiger partial charge in [-0.25, -0.2) is 4.79 Å². The molecule has 0 bridgehead atoms. The zero-order chi connectivity index (χ0) is 17.8. The second-order valence-electron chi connectivity index (χ2n) is 5.35. The minimum absolute atomic E-state index is 0.0917. The van der Waals surface area contributed by atoms with Crippen molar-refractivity contribution in [2.75, 3.05) is 11.9 Å². The van der Waals surface area contributed by atoms with Crippen LogP contribution in [0.4, 0.5) is 5.69 Å². The normalized spacial score (nSPS) is 10.4. The number of aromatic hydroxyl groups is 1. The number of fused-ring (bicyclic) bond motifs is 1. The van der Waals surface area contributed by atoms with Crippen molar-refractivity contribution < 1.29 is 19.4 Å². The van der Waals surface area contributed by atoms with E-state index in [1.54, 1.807) is 6.07 Å². The molecule has 0 aliphatic heterocycles. The SMILES string of the molecule is O=C(COC(=O)c1cc(Cl)ccc1O)Nc1ccc2ccccc2c1. The summed E-state index contributed by atoms with van der Waals surface area (Å²) >= 11 is 5.78. The molecule has 1 amide bonds. The molecule has 0 saturated heterocycles. The minimum atomic E-state index is -0.825. The molecule has 2 N–H and O–H groups in total. The summed E-state index contributed by atoms with van der Waals surface area (Å²) in [5.41, 5.74) is 0.511. The lowest BCUT2D eigenvalue weighted by Crippen LogP contribution is -2.21. The van der Waals surface area contributed by atoms with Crippen LogP contribution >= 0.6 is 11.6 Å². The Labute approximate surface area is 148 Å². The van der Waals surface area contributed by atoms with Crippen molar-refractivity contribution in [1.82, 2.24) is 0 Å². The number of anilines is 1. The van der Waals surface area contributed by atoms with Gasteiger partial charge in [0, 0.05) is 10.7 Å². The summed E-state index contributed by atoms with van der Waals surface area (Å²) in [6, 6.07) is 17.3. The predicted octanol–water partition coefficient (Wildman–Crippen LogP) is 3.99. The third-order valence-corrected chi connectivity index (χ3v) is 3.78. The van der Waals surface area contributed by atoms with Crippen LogP contribution in [0.2, 0.25) is 5.02 Å². The van der Waals surface area contributed by atoms with E-state index in [0.29, 0.717) is 5.69 Å². The maximum absolute atomic E-state index is 12.0. The van der Waals surface area contributed by atoms with Crippen LogP contribution in [-0.2, 0) is 9.53 Å². The summed E-state index contributed by atoms with van der Waals surface area (Å²) in [6.45, 7) is -0.475. The Kier molecular flexibility index (Phi) is 4.86. The molecule has 126 valence electrons. The van der Waals surface area contributed by atoms with Crippen LogP contribution in [0.3, 0.4) is 0 Å². The maximum atomic E-state index is 12.0. The fraction of sp³-hybridized carbons (Fsp3) is 0.0526. The van der Waals surface area contributed by atoms with Gasteiger partial charge in [-0.1, -0.05) is 41.9 Å². The van der Waals surface area contributed by atoms with Crippen LogP contribution in [-0.4, -0.2) is 23.6 Å². The van der Waals surface area contributed by atoms with E-state index in [2.05, 4.69) is 5.32 Å². The number of benzene rings is 3. The highest BCUT2D eigenvalue weighted by Crippen LogP contribution is 2.22. The van der Waals surface area contributed by atoms with Gasteiger partial charge in [-0.2, -0.15) is 0 Å². The quantitative estimate of drug-likeness (QED) is 0.694. The van der Waals surface area contributed by atoms with Gasteiger partial charge in [0.25, 0.3) is 5.91 Å². The maximum Gasteiger partial charge on any atom is 0.342 e. The summed E-state index contributed by atoms with van der Waals surface area (Å²) in [4.78, 5) is 23.9. The lowest BCUT2D eigenvalue weighted by molar-refractivity contribution is -0.119. The van der Waals surface area contributed by atoms with Crippen LogP contribution in [0.1, 0.15) is 10.4 Å². The molecule has 0 atom stereocenters. The molecule has 25 heavy (non-hydrogen) atoms. The second-order valence-corrected chi connectivity index (χ2v) is 5.78. The fourth-order valence-electron chi connectivity index (χ4n) is 2.34. The molecule has 3 aromatic carbocycles. The first kappa shape index (κ1) is 16.8. The van der Waals surface area contributed by atoms with E-state index >= 15 is 0 Å². The number of hydrogen-bond acceptors (Lipinski definition) is 4. The summed E-state index contributed by atoms with van der Waals surface area (Å²) in [5, 5.41) is 14.6. The Hall–Kier alpha value is -3.05. The first-order chi connectivity index (χ1) is 12.0. The number of esters is 1. The standard InChI is InChI=1S/C19H14ClNO4/c20-14-6-8-17(22)16(10-14)19(24)25-11-18(23)21-15-7-5-12-3-1-2-4-13(12)9-15/h1-10,22H,11H2,(H,21,23). The van der Waals surface area contributed by atoms with Crippen molar-refractivity contribution in [2.45, 2.75) is 0 Å². The molecule has 0 aliphatic rings. The number of phenols is 1. The first-order valence-corrected chi connectivity index (χ1v) is 7.85. The summed E-state index contributed by atoms with van der Waals surface area (Å²) in [6.07, 6.45) is 0. The zero-order valence-corrected chi connectivity index (χ0v) is 13.8. The number of carbonyl (C=O) groups is 2. The fourth-order valence-corrected chi connectivity index (χ4v) is 2.52. The van der Waals surface area contributed by atoms with E-state index in [0.717, 1.165) is 10.8 Å². The third-order valence-electron chi connectivity index (χ3n) is 3.55. The summed E-state index contributed by atoms with van der Waals surface area (Å²) < 4.78 is 4.92. The van der Waals surface area contributed by atoms with Crippen LogP contribution in [0.5, 0.6) is 5.75 Å². The summed E-state index contributed by atoms with van der Waals surface area (Å²) in [5.74, 6) is -1.57. The molecule has 6 heteroatoms. The Morgan fingerprint density at radius 2 is 1.76 bits per heavy atom. The van der Waals surface area contributed by atoms with Crippen molar-refractivity contribution in [3.05, 3.63) is 71.2 Å². The van der Waals surface area contributed by atoms with Crippen LogP contribution < -0.4 is 5.32 Å². The monoisotopic (exact) mass is 355 g/mol. The third kappa shape index (κ3) is 4.08. The van der Waals surface area contributed by atoms with Gasteiger partial charge in [-0.3, -0.25) is 4.79 Å². The molecular formula is C19H14ClNO4. The Bertz CT molecular complexity index is 955. The Morgan fingerprint density at radius 1 is 1.00 bits per heavy atom. The molecule has 3 rings (SSSR count). The van der Waals surface area contributed by atoms with Crippen molar-refractivity contribution in [3.8, 4) is 5.75 Å². The van der Waals surface area contributed by atoms with Gasteiger partial charge in [-0.05, 0) is 41.1 Å². The average molecular weight is 356 g/mol. The molecule has 0 radical (unpaired) electrons. The van der Waals surface area contributed by atoms with E-state index in [1.165, 1.54) is 18.2 Å². The van der Waals surface area contributed by atoms with Crippen LogP contribution in [0.15, 0.2) is 60.7 Å². The van der Waals surface area contributed by atoms with Gasteiger partial charge < -0.3 is 15.2 Å². The number of amides is 1. The number of halogens is 1. The minimum Gasteiger partial charge on any atom is -0.507 e. The zero-order valence-electron chi connectivity index (χ0n) is 13.0. The number of ether oxygens (including phenoxy) is 1. The molecule has 0 aliphatic carbocycles. The van der Waals surface area contributed by atoms with Crippen LogP contribution in [0.25, 0.3) is 10.8 Å². The Morgan fingerprint density at radius 3 is 2.56 bits per heavy atom. The largest absolute Gasteiger partial charge is 0.507 e. The van der Waals surface area contributed by atoms with Gasteiger partial charge in [0.1, 0.15) is 11.3 Å². The molecule has 0 spiro atoms. The molecule has 0 heterocycles. The molecule has 3 aromatic rings. The smallest absolute Gasteiger partial charge is 0.342 e. The molecule has 0 aromatic heterocycles. The topological polar surface area (TPSA) is 75.6 Å². The number of hydrogen-bond donors (Lipinski definition) is 2. The highest BCUT2D eigenvalue weighted by atomic mass is 35.5. The molecular weight excluding hydrogens is 342 g/mol. The number of carbonyl (C=O) groups excluding carboxylic acids is 2. The number of nitrogens with one attached hydrogen (secondary N) is 1. The van der Waals surface area contributed by atoms with E-state index in [1.807, 2.05) is 36.4 Å². The van der Waals surface area contributed by atoms with Gasteiger partial charge >= 0.3 is 5.97 Å². The number of phenolic OH excluding ortho intramolecular Hbond substituents is 1. The van der Waals surface area contributed by atoms with Crippen LogP contribution in [0, 0.1) is 0 Å². The molecule has 0 saturated carbocycles. The number of rotatable bonds is 4. The first-order valence-electron chi connectivity index (χ1n) is 7.47. The lowest BCUT2D eigenvalue weighted by Gasteiger charge is -2.08. The van der Waals surface area contributed by atoms with E-state index in [-0.39, 0.29) is 16.3 Å². The summed E-state index contributed by atoms with van der Waals surface area (Å²) in [7, 11) is 0. The van der Waals surface area contributed by atoms with Crippen molar-refractivity contribution in [2.24, 2.45) is 0 Å². The van der Waals surface area contributed by atoms with Gasteiger partial charge in [0.05, 0.1) is 0 Å². The highest BCUT2D eigenvalue weighted by Gasteiger charge is 2.15. The van der Waals surface area contributed by atoms with E-state index in [9.17, 15) is 14.7 Å². The lowest BCUT2D eigenvalue weighted by atomic mass is 10.1. The predicted molar refractivity (Wildman–Crippen MR) is 96.0 cm³/mol. The highest BCUT2D eigenvalue weighted by molar-refractivity contribution is 6.31. The van der Waals surface area contributed by atoms with E-state index < -0.39 is 18.5 Å². The van der Waals surface area contributed by atoms with Crippen molar-refractivity contribution in [1.29, 1.82) is 0 Å². The Balaban J connectivity index is 1.62. The van der Waals surface area contributed by atoms with Gasteiger partial charge in [0.15, 0.2) is 6.61 Å². The molecule has 5 nitrogen and oxygen atoms in total. The van der Waals surface area contributed by atoms with Crippen molar-refractivity contribution >= 4 is 39.9 Å².